The predicted octanol–water partition coefficient (Wildman–Crippen LogP) is 7.23. The smallest absolute Gasteiger partial charge is 0.338 e. The topological polar surface area (TPSA) is 80.0 Å². The molecule has 0 saturated carbocycles. The summed E-state index contributed by atoms with van der Waals surface area (Å²) in [5.74, 6) is -1.16. The van der Waals surface area contributed by atoms with Crippen LogP contribution in [0.5, 0.6) is 5.75 Å². The van der Waals surface area contributed by atoms with Crippen LogP contribution in [0, 0.1) is 20.8 Å². The third-order valence-corrected chi connectivity index (χ3v) is 6.10. The number of anilines is 2. The molecule has 0 aliphatic rings. The van der Waals surface area contributed by atoms with Crippen LogP contribution in [-0.4, -0.2) is 28.4 Å². The zero-order valence-electron chi connectivity index (χ0n) is 21.9. The van der Waals surface area contributed by atoms with E-state index in [9.17, 15) is 14.7 Å². The molecule has 0 fully saturated rings. The fourth-order valence-electron chi connectivity index (χ4n) is 4.20. The Labute approximate surface area is 222 Å². The van der Waals surface area contributed by atoms with Crippen molar-refractivity contribution in [3.8, 4) is 5.75 Å². The van der Waals surface area contributed by atoms with E-state index in [0.717, 1.165) is 16.8 Å². The Morgan fingerprint density at radius 1 is 0.789 bits per heavy atom. The molecule has 6 nitrogen and oxygen atoms in total. The third-order valence-electron chi connectivity index (χ3n) is 6.10. The normalized spacial score (nSPS) is 10.4. The van der Waals surface area contributed by atoms with Gasteiger partial charge in [-0.15, -0.1) is 0 Å². The second-order valence-electron chi connectivity index (χ2n) is 9.11. The van der Waals surface area contributed by atoms with Gasteiger partial charge in [0.05, 0.1) is 23.9 Å². The lowest BCUT2D eigenvalue weighted by molar-refractivity contribution is 0.0694. The van der Waals surface area contributed by atoms with Crippen molar-refractivity contribution in [3.05, 3.63) is 131 Å². The number of fused-ring (bicyclic) bond motifs is 1. The maximum absolute atomic E-state index is 13.1. The van der Waals surface area contributed by atoms with E-state index < -0.39 is 11.8 Å². The van der Waals surface area contributed by atoms with Crippen molar-refractivity contribution < 1.29 is 19.4 Å². The van der Waals surface area contributed by atoms with Crippen molar-refractivity contribution >= 4 is 28.6 Å². The van der Waals surface area contributed by atoms with Gasteiger partial charge in [0, 0.05) is 29.2 Å². The van der Waals surface area contributed by atoms with E-state index in [4.69, 9.17) is 4.74 Å². The highest BCUT2D eigenvalue weighted by molar-refractivity contribution is 6.17. The molecule has 2 aromatic heterocycles. The highest BCUT2D eigenvalue weighted by Crippen LogP contribution is 2.29. The van der Waals surface area contributed by atoms with Crippen LogP contribution in [0.2, 0.25) is 0 Å². The molecule has 6 heteroatoms. The van der Waals surface area contributed by atoms with E-state index in [2.05, 4.69) is 47.2 Å². The van der Waals surface area contributed by atoms with Crippen molar-refractivity contribution in [2.75, 3.05) is 12.4 Å². The highest BCUT2D eigenvalue weighted by atomic mass is 16.5. The van der Waals surface area contributed by atoms with Gasteiger partial charge in [-0.25, -0.2) is 4.79 Å². The number of aryl methyl sites for hydroxylation is 3. The number of aromatic nitrogens is 1. The van der Waals surface area contributed by atoms with Crippen LogP contribution in [-0.2, 0) is 0 Å². The minimum Gasteiger partial charge on any atom is -0.496 e. The summed E-state index contributed by atoms with van der Waals surface area (Å²) in [4.78, 5) is 25.1. The molecule has 3 aromatic carbocycles. The van der Waals surface area contributed by atoms with Crippen molar-refractivity contribution in [2.45, 2.75) is 20.8 Å². The number of methoxy groups -OCH3 is 1. The molecular weight excluding hydrogens is 476 g/mol. The van der Waals surface area contributed by atoms with E-state index in [0.29, 0.717) is 17.0 Å². The molecule has 2 N–H and O–H groups in total. The molecule has 0 bridgehead atoms. The van der Waals surface area contributed by atoms with Crippen LogP contribution in [0.25, 0.3) is 5.52 Å². The van der Waals surface area contributed by atoms with Gasteiger partial charge in [0.25, 0.3) is 0 Å². The lowest BCUT2D eigenvalue weighted by atomic mass is 9.95. The average molecular weight is 507 g/mol. The minimum absolute atomic E-state index is 0.0734. The Balaban J connectivity index is 0.000000278. The van der Waals surface area contributed by atoms with Crippen LogP contribution in [0.15, 0.2) is 97.3 Å². The number of ether oxygens (including phenoxy) is 1. The number of carbonyl (C=O) groups excluding carboxylic acids is 1. The fourth-order valence-corrected chi connectivity index (χ4v) is 4.20. The molecule has 0 radical (unpaired) electrons. The van der Waals surface area contributed by atoms with Gasteiger partial charge in [-0.1, -0.05) is 42.0 Å². The van der Waals surface area contributed by atoms with Gasteiger partial charge in [-0.3, -0.25) is 4.79 Å². The van der Waals surface area contributed by atoms with Gasteiger partial charge in [0.15, 0.2) is 5.78 Å². The quantitative estimate of drug-likeness (QED) is 0.237. The van der Waals surface area contributed by atoms with E-state index in [1.807, 2.05) is 44.2 Å². The van der Waals surface area contributed by atoms with Crippen LogP contribution in [0.3, 0.4) is 0 Å². The first-order chi connectivity index (χ1) is 18.3. The first kappa shape index (κ1) is 26.2. The Morgan fingerprint density at radius 2 is 1.53 bits per heavy atom. The first-order valence-corrected chi connectivity index (χ1v) is 12.2. The zero-order chi connectivity index (χ0) is 27.2. The summed E-state index contributed by atoms with van der Waals surface area (Å²) in [7, 11) is 1.49. The summed E-state index contributed by atoms with van der Waals surface area (Å²) in [6.07, 6.45) is 4.18. The van der Waals surface area contributed by atoms with E-state index in [-0.39, 0.29) is 11.1 Å². The number of nitrogens with zero attached hydrogens (tertiary/aromatic N) is 1. The van der Waals surface area contributed by atoms with Gasteiger partial charge >= 0.3 is 5.97 Å². The number of nitrogens with one attached hydrogen (secondary N) is 1. The van der Waals surface area contributed by atoms with E-state index in [1.54, 1.807) is 30.3 Å². The largest absolute Gasteiger partial charge is 0.496 e. The monoisotopic (exact) mass is 506 g/mol. The van der Waals surface area contributed by atoms with Gasteiger partial charge in [-0.05, 0) is 80.4 Å². The van der Waals surface area contributed by atoms with Crippen LogP contribution < -0.4 is 10.1 Å². The number of aromatic carboxylic acids is 1. The van der Waals surface area contributed by atoms with Crippen molar-refractivity contribution in [1.29, 1.82) is 0 Å². The maximum atomic E-state index is 13.1. The molecular formula is C32H30N2O4. The summed E-state index contributed by atoms with van der Waals surface area (Å²) in [5.41, 5.74) is 6.07. The Hall–Kier alpha value is -4.84. The molecule has 0 atom stereocenters. The molecule has 5 rings (SSSR count). The summed E-state index contributed by atoms with van der Waals surface area (Å²) in [6.45, 7) is 5.97. The number of hydrogen-bond acceptors (Lipinski definition) is 4. The highest BCUT2D eigenvalue weighted by Gasteiger charge is 2.23. The molecule has 38 heavy (non-hydrogen) atoms. The molecule has 192 valence electrons. The van der Waals surface area contributed by atoms with Gasteiger partial charge in [-0.2, -0.15) is 0 Å². The summed E-state index contributed by atoms with van der Waals surface area (Å²) < 4.78 is 7.44. The van der Waals surface area contributed by atoms with Crippen molar-refractivity contribution in [2.24, 2.45) is 0 Å². The number of carboxylic acid groups (broad SMARTS) is 1. The fraction of sp³-hybridized carbons (Fsp3) is 0.125. The van der Waals surface area contributed by atoms with Crippen LogP contribution in [0.1, 0.15) is 43.0 Å². The maximum Gasteiger partial charge on any atom is 0.338 e. The minimum atomic E-state index is -1.18. The lowest BCUT2D eigenvalue weighted by Gasteiger charge is -2.14. The molecule has 0 aliphatic heterocycles. The molecule has 5 aromatic rings. The zero-order valence-corrected chi connectivity index (χ0v) is 21.9. The van der Waals surface area contributed by atoms with E-state index in [1.165, 1.54) is 24.3 Å². The number of carbonyl (C=O) groups is 2. The molecule has 0 aliphatic carbocycles. The summed E-state index contributed by atoms with van der Waals surface area (Å²) in [5, 5.41) is 12.9. The van der Waals surface area contributed by atoms with E-state index >= 15 is 0 Å². The molecule has 2 heterocycles. The molecule has 0 unspecified atom stereocenters. The van der Waals surface area contributed by atoms with Gasteiger partial charge < -0.3 is 19.6 Å². The SMILES string of the molecule is COc1cc(C)ccc1C(=O)c1cccc(Nc2ccc(C)cc2)c1C(=O)O.Cc1cc2ccccn2c1. The van der Waals surface area contributed by atoms with Gasteiger partial charge in [0.1, 0.15) is 5.75 Å². The molecule has 0 amide bonds. The second-order valence-corrected chi connectivity index (χ2v) is 9.11. The number of benzene rings is 3. The number of pyridine rings is 1. The summed E-state index contributed by atoms with van der Waals surface area (Å²) >= 11 is 0. The standard InChI is InChI=1S/C23H21NO4.C9H9N/c1-14-7-10-16(11-8-14)24-19-6-4-5-18(21(19)23(26)27)22(25)17-12-9-15(2)13-20(17)28-3;1-8-6-9-4-2-3-5-10(9)7-8/h4-13,24H,1-3H3,(H,26,27);2-7H,1H3. The Morgan fingerprint density at radius 3 is 2.21 bits per heavy atom. The third kappa shape index (κ3) is 5.93. The molecule has 0 spiro atoms. The summed E-state index contributed by atoms with van der Waals surface area (Å²) in [6, 6.07) is 26.0. The first-order valence-electron chi connectivity index (χ1n) is 12.2. The van der Waals surface area contributed by atoms with Crippen molar-refractivity contribution in [1.82, 2.24) is 4.40 Å². The number of carboxylic acids is 1. The predicted molar refractivity (Wildman–Crippen MR) is 151 cm³/mol. The number of hydrogen-bond donors (Lipinski definition) is 2. The van der Waals surface area contributed by atoms with Gasteiger partial charge in [0.2, 0.25) is 0 Å². The molecule has 0 saturated heterocycles. The Bertz CT molecular complexity index is 1570. The average Bonchev–Trinajstić information content (AvgIpc) is 3.29. The number of ketones is 1. The second kappa shape index (κ2) is 11.5. The van der Waals surface area contributed by atoms with Crippen LogP contribution in [0.4, 0.5) is 11.4 Å². The number of rotatable bonds is 6. The van der Waals surface area contributed by atoms with Crippen LogP contribution >= 0.6 is 0 Å². The Kier molecular flexibility index (Phi) is 7.92. The van der Waals surface area contributed by atoms with Crippen molar-refractivity contribution in [3.63, 3.8) is 0 Å². The lowest BCUT2D eigenvalue weighted by Crippen LogP contribution is -2.13.